The van der Waals surface area contributed by atoms with E-state index < -0.39 is 24.0 Å². The molecule has 1 aliphatic carbocycles. The summed E-state index contributed by atoms with van der Waals surface area (Å²) in [6.07, 6.45) is 0. The molecule has 2 atom stereocenters. The zero-order valence-electron chi connectivity index (χ0n) is 17.9. The van der Waals surface area contributed by atoms with Gasteiger partial charge in [0.25, 0.3) is 0 Å². The minimum absolute atomic E-state index is 0.131. The summed E-state index contributed by atoms with van der Waals surface area (Å²) in [4.78, 5) is 35.8. The van der Waals surface area contributed by atoms with Crippen LogP contribution in [0.25, 0.3) is 0 Å². The molecule has 0 radical (unpaired) electrons. The predicted molar refractivity (Wildman–Crippen MR) is 118 cm³/mol. The van der Waals surface area contributed by atoms with Crippen molar-refractivity contribution in [1.29, 1.82) is 0 Å². The minimum Gasteiger partial charge on any atom is -0.493 e. The monoisotopic (exact) mass is 522 g/mol. The number of carbonyl (C=O) groups is 1. The Balaban J connectivity index is 1.94. The van der Waals surface area contributed by atoms with Crippen LogP contribution in [0.3, 0.4) is 0 Å². The number of phosphoric acid groups is 1. The fraction of sp³-hybridized carbons (Fsp3) is 0.350. The van der Waals surface area contributed by atoms with Crippen molar-refractivity contribution in [2.45, 2.75) is 10.3 Å². The highest BCUT2D eigenvalue weighted by molar-refractivity contribution is 7.46. The molecule has 3 rings (SSSR count). The van der Waals surface area contributed by atoms with Crippen LogP contribution in [0.1, 0.15) is 21.8 Å². The van der Waals surface area contributed by atoms with Crippen molar-refractivity contribution in [3.8, 4) is 28.7 Å². The second kappa shape index (κ2) is 9.58. The smallest absolute Gasteiger partial charge is 0.493 e. The van der Waals surface area contributed by atoms with Gasteiger partial charge in [-0.15, -0.1) is 23.2 Å². The number of ether oxygens (including phenoxy) is 4. The quantitative estimate of drug-likeness (QED) is 0.156. The lowest BCUT2D eigenvalue weighted by Gasteiger charge is -2.14. The summed E-state index contributed by atoms with van der Waals surface area (Å²) in [5.74, 6) is -0.946. The third-order valence-electron chi connectivity index (χ3n) is 5.06. The zero-order valence-corrected chi connectivity index (χ0v) is 20.3. The second-order valence-electron chi connectivity index (χ2n) is 6.97. The van der Waals surface area contributed by atoms with Crippen LogP contribution < -0.4 is 23.8 Å². The molecule has 0 aromatic heterocycles. The van der Waals surface area contributed by atoms with Crippen LogP contribution in [0.2, 0.25) is 0 Å². The summed E-state index contributed by atoms with van der Waals surface area (Å²) < 4.78 is 34.6. The molecule has 33 heavy (non-hydrogen) atoms. The molecule has 0 spiro atoms. The van der Waals surface area contributed by atoms with Crippen molar-refractivity contribution in [3.63, 3.8) is 0 Å². The van der Waals surface area contributed by atoms with E-state index in [0.29, 0.717) is 22.8 Å². The minimum atomic E-state index is -4.92. The normalized spacial score (nSPS) is 18.9. The van der Waals surface area contributed by atoms with Crippen molar-refractivity contribution in [2.75, 3.05) is 28.4 Å². The zero-order chi connectivity index (χ0) is 24.6. The molecule has 0 bridgehead atoms. The first-order valence-corrected chi connectivity index (χ1v) is 11.6. The molecule has 180 valence electrons. The third kappa shape index (κ3) is 5.16. The number of ketones is 1. The second-order valence-corrected chi connectivity index (χ2v) is 9.54. The van der Waals surface area contributed by atoms with Gasteiger partial charge in [-0.3, -0.25) is 4.79 Å². The van der Waals surface area contributed by atoms with Gasteiger partial charge in [-0.05, 0) is 29.8 Å². The average Bonchev–Trinajstić information content (AvgIpc) is 3.36. The fourth-order valence-corrected chi connectivity index (χ4v) is 4.52. The van der Waals surface area contributed by atoms with Crippen LogP contribution >= 0.6 is 31.0 Å². The standard InChI is InChI=1S/C20H21Cl2O10P/c1-27-12-6-5-10(7-13(12)31-32-33(24,25)26)16-17(20(16,21)22)18(23)11-8-14(28-2)19(30-4)15(9-11)29-3/h5-9,16-17H,1-4H3,(H2,24,25,26). The number of Topliss-reactive ketones (excluding diaryl/α,β-unsaturated/α-hetero) is 1. The van der Waals surface area contributed by atoms with Crippen LogP contribution in [-0.4, -0.2) is 48.3 Å². The molecule has 0 aliphatic heterocycles. The van der Waals surface area contributed by atoms with Crippen LogP contribution in [0, 0.1) is 5.92 Å². The third-order valence-corrected chi connectivity index (χ3v) is 6.27. The van der Waals surface area contributed by atoms with E-state index >= 15 is 0 Å². The van der Waals surface area contributed by atoms with Gasteiger partial charge in [0.2, 0.25) is 11.5 Å². The summed E-state index contributed by atoms with van der Waals surface area (Å²) in [7, 11) is 0.717. The summed E-state index contributed by atoms with van der Waals surface area (Å²) >= 11 is 12.9. The lowest BCUT2D eigenvalue weighted by Crippen LogP contribution is -2.08. The van der Waals surface area contributed by atoms with E-state index in [2.05, 4.69) is 4.67 Å². The number of halogens is 2. The van der Waals surface area contributed by atoms with E-state index in [4.69, 9.17) is 56.8 Å². The number of carbonyl (C=O) groups excluding carboxylic acids is 1. The van der Waals surface area contributed by atoms with Gasteiger partial charge in [-0.25, -0.2) is 4.57 Å². The SMILES string of the molecule is COc1ccc(C2C(C(=O)c3cc(OC)c(OC)c(OC)c3)C2(Cl)Cl)cc1OOP(=O)(O)O. The van der Waals surface area contributed by atoms with E-state index in [1.807, 2.05) is 0 Å². The number of methoxy groups -OCH3 is 4. The maximum atomic E-state index is 13.3. The summed E-state index contributed by atoms with van der Waals surface area (Å²) in [5, 5.41) is 0. The number of alkyl halides is 2. The Kier molecular flexibility index (Phi) is 7.38. The Morgan fingerprint density at radius 1 is 0.909 bits per heavy atom. The highest BCUT2D eigenvalue weighted by Gasteiger charge is 2.67. The molecule has 0 saturated heterocycles. The van der Waals surface area contributed by atoms with E-state index in [1.165, 1.54) is 52.7 Å². The molecule has 13 heteroatoms. The van der Waals surface area contributed by atoms with Gasteiger partial charge < -0.3 is 33.6 Å². The van der Waals surface area contributed by atoms with Crippen LogP contribution in [0.15, 0.2) is 30.3 Å². The lowest BCUT2D eigenvalue weighted by molar-refractivity contribution is -0.124. The van der Waals surface area contributed by atoms with Gasteiger partial charge in [0.1, 0.15) is 4.33 Å². The van der Waals surface area contributed by atoms with Crippen molar-refractivity contribution in [1.82, 2.24) is 0 Å². The average molecular weight is 523 g/mol. The molecule has 0 amide bonds. The van der Waals surface area contributed by atoms with Gasteiger partial charge in [0.05, 0.1) is 34.4 Å². The van der Waals surface area contributed by atoms with Gasteiger partial charge in [-0.1, -0.05) is 10.7 Å². The van der Waals surface area contributed by atoms with Gasteiger partial charge in [-0.2, -0.15) is 0 Å². The lowest BCUT2D eigenvalue weighted by atomic mass is 10.0. The number of rotatable bonds is 10. The Hall–Kier alpha value is -2.20. The van der Waals surface area contributed by atoms with Crippen molar-refractivity contribution < 1.29 is 47.7 Å². The van der Waals surface area contributed by atoms with E-state index in [9.17, 15) is 9.36 Å². The van der Waals surface area contributed by atoms with E-state index in [-0.39, 0.29) is 22.8 Å². The summed E-state index contributed by atoms with van der Waals surface area (Å²) in [6.45, 7) is 0. The molecule has 2 unspecified atom stereocenters. The van der Waals surface area contributed by atoms with Crippen LogP contribution in [0.5, 0.6) is 28.7 Å². The molecular weight excluding hydrogens is 502 g/mol. The molecule has 1 aliphatic rings. The van der Waals surface area contributed by atoms with E-state index in [0.717, 1.165) is 0 Å². The summed E-state index contributed by atoms with van der Waals surface area (Å²) in [5.41, 5.74) is 0.716. The van der Waals surface area contributed by atoms with Gasteiger partial charge in [0.15, 0.2) is 23.0 Å². The number of hydrogen-bond acceptors (Lipinski definition) is 8. The first-order valence-electron chi connectivity index (χ1n) is 9.30. The first-order chi connectivity index (χ1) is 15.5. The van der Waals surface area contributed by atoms with Crippen molar-refractivity contribution in [3.05, 3.63) is 41.5 Å². The van der Waals surface area contributed by atoms with Gasteiger partial charge >= 0.3 is 7.82 Å². The molecule has 0 heterocycles. The largest absolute Gasteiger partial charge is 0.505 e. The maximum Gasteiger partial charge on any atom is 0.505 e. The molecule has 1 saturated carbocycles. The molecule has 2 aromatic carbocycles. The van der Waals surface area contributed by atoms with Crippen LogP contribution in [-0.2, 0) is 9.24 Å². The highest BCUT2D eigenvalue weighted by Crippen LogP contribution is 2.66. The van der Waals surface area contributed by atoms with Crippen LogP contribution in [0.4, 0.5) is 0 Å². The first kappa shape index (κ1) is 25.4. The Labute approximate surface area is 199 Å². The molecule has 10 nitrogen and oxygen atoms in total. The Bertz CT molecular complexity index is 1080. The maximum absolute atomic E-state index is 13.3. The Morgan fingerprint density at radius 3 is 1.97 bits per heavy atom. The molecule has 1 fully saturated rings. The Morgan fingerprint density at radius 2 is 1.48 bits per heavy atom. The van der Waals surface area contributed by atoms with Crippen molar-refractivity contribution in [2.24, 2.45) is 5.92 Å². The van der Waals surface area contributed by atoms with Crippen molar-refractivity contribution >= 4 is 36.8 Å². The molecular formula is C20H21Cl2O10P. The fourth-order valence-electron chi connectivity index (χ4n) is 3.51. The van der Waals surface area contributed by atoms with E-state index in [1.54, 1.807) is 6.07 Å². The number of hydrogen-bond donors (Lipinski definition) is 2. The molecule has 2 N–H and O–H groups in total. The summed E-state index contributed by atoms with van der Waals surface area (Å²) in [6, 6.07) is 7.45. The predicted octanol–water partition coefficient (Wildman–Crippen LogP) is 3.89. The topological polar surface area (TPSA) is 130 Å². The number of benzene rings is 2. The molecule has 2 aromatic rings. The van der Waals surface area contributed by atoms with Gasteiger partial charge in [0, 0.05) is 11.5 Å². The highest BCUT2D eigenvalue weighted by atomic mass is 35.5.